The van der Waals surface area contributed by atoms with Crippen molar-refractivity contribution in [2.45, 2.75) is 43.1 Å². The Balaban J connectivity index is 1.56. The molecule has 2 aromatic carbocycles. The maximum Gasteiger partial charge on any atom is 0.242 e. The number of hydrogen-bond donors (Lipinski definition) is 1. The van der Waals surface area contributed by atoms with Crippen LogP contribution in [0.4, 0.5) is 0 Å². The van der Waals surface area contributed by atoms with Crippen molar-refractivity contribution in [2.75, 3.05) is 13.6 Å². The highest BCUT2D eigenvalue weighted by Gasteiger charge is 2.48. The maximum absolute atomic E-state index is 13.1. The number of nitrogens with one attached hydrogen (secondary N) is 1. The molecular weight excluding hydrogens is 372 g/mol. The van der Waals surface area contributed by atoms with E-state index in [1.54, 1.807) is 31.3 Å². The van der Waals surface area contributed by atoms with Crippen LogP contribution in [-0.2, 0) is 15.4 Å². The molecule has 0 radical (unpaired) electrons. The number of benzene rings is 2. The van der Waals surface area contributed by atoms with E-state index in [1.807, 2.05) is 32.2 Å². The summed E-state index contributed by atoms with van der Waals surface area (Å²) < 4.78 is 33.3. The van der Waals surface area contributed by atoms with Crippen LogP contribution in [0.5, 0.6) is 5.75 Å². The van der Waals surface area contributed by atoms with Crippen molar-refractivity contribution in [1.29, 1.82) is 0 Å². The molecular formula is C22H26N2O3S. The summed E-state index contributed by atoms with van der Waals surface area (Å²) in [5.41, 5.74) is 2.20. The number of aromatic amines is 1. The van der Waals surface area contributed by atoms with Gasteiger partial charge in [-0.15, -0.1) is 0 Å². The number of likely N-dealkylation sites (N-methyl/N-ethyl adjacent to an activating group) is 1. The molecule has 1 fully saturated rings. The van der Waals surface area contributed by atoms with Crippen LogP contribution >= 0.6 is 0 Å². The third kappa shape index (κ3) is 3.42. The summed E-state index contributed by atoms with van der Waals surface area (Å²) in [6, 6.07) is 14.9. The van der Waals surface area contributed by atoms with Gasteiger partial charge in [0.25, 0.3) is 0 Å². The summed E-state index contributed by atoms with van der Waals surface area (Å²) in [6.07, 6.45) is 4.08. The molecule has 28 heavy (non-hydrogen) atoms. The van der Waals surface area contributed by atoms with Gasteiger partial charge in [-0.1, -0.05) is 18.2 Å². The third-order valence-electron chi connectivity index (χ3n) is 5.44. The second-order valence-electron chi connectivity index (χ2n) is 7.93. The van der Waals surface area contributed by atoms with Crippen LogP contribution in [0, 0.1) is 0 Å². The van der Waals surface area contributed by atoms with Crippen LogP contribution < -0.4 is 4.74 Å². The van der Waals surface area contributed by atoms with E-state index in [0.29, 0.717) is 17.2 Å². The number of aromatic nitrogens is 1. The van der Waals surface area contributed by atoms with Crippen LogP contribution in [0.15, 0.2) is 59.6 Å². The smallest absolute Gasteiger partial charge is 0.242 e. The summed E-state index contributed by atoms with van der Waals surface area (Å²) >= 11 is 0. The van der Waals surface area contributed by atoms with Gasteiger partial charge in [0, 0.05) is 36.1 Å². The summed E-state index contributed by atoms with van der Waals surface area (Å²) in [5, 5.41) is 1.18. The Kier molecular flexibility index (Phi) is 4.71. The third-order valence-corrected chi connectivity index (χ3v) is 7.26. The second kappa shape index (κ2) is 6.94. The van der Waals surface area contributed by atoms with Crippen LogP contribution in [0.1, 0.15) is 32.3 Å². The summed E-state index contributed by atoms with van der Waals surface area (Å²) in [4.78, 5) is 3.61. The zero-order chi connectivity index (χ0) is 19.9. The number of ether oxygens (including phenoxy) is 1. The summed E-state index contributed by atoms with van der Waals surface area (Å²) in [5.74, 6) is 0.675. The van der Waals surface area contributed by atoms with E-state index in [0.717, 1.165) is 18.4 Å². The second-order valence-corrected chi connectivity index (χ2v) is 9.97. The lowest BCUT2D eigenvalue weighted by molar-refractivity contribution is 0.242. The molecule has 0 unspecified atom stereocenters. The van der Waals surface area contributed by atoms with Crippen molar-refractivity contribution in [3.05, 3.63) is 60.3 Å². The Bertz CT molecular complexity index is 1080. The monoisotopic (exact) mass is 398 g/mol. The fourth-order valence-corrected chi connectivity index (χ4v) is 5.08. The molecule has 1 aromatic heterocycles. The zero-order valence-electron chi connectivity index (χ0n) is 16.5. The van der Waals surface area contributed by atoms with Gasteiger partial charge < -0.3 is 9.72 Å². The van der Waals surface area contributed by atoms with Crippen LogP contribution in [-0.4, -0.2) is 37.4 Å². The van der Waals surface area contributed by atoms with E-state index in [9.17, 15) is 8.42 Å². The topological polar surface area (TPSA) is 62.4 Å². The van der Waals surface area contributed by atoms with Gasteiger partial charge >= 0.3 is 0 Å². The molecule has 1 heterocycles. The number of H-pyrrole nitrogens is 1. The molecule has 0 atom stereocenters. The average molecular weight is 399 g/mol. The minimum absolute atomic E-state index is 0.0519. The van der Waals surface area contributed by atoms with Gasteiger partial charge in [-0.3, -0.25) is 0 Å². The molecule has 1 N–H and O–H groups in total. The molecule has 0 bridgehead atoms. The van der Waals surface area contributed by atoms with Gasteiger partial charge in [0.2, 0.25) is 10.0 Å². The van der Waals surface area contributed by atoms with E-state index >= 15 is 0 Å². The first-order valence-electron chi connectivity index (χ1n) is 9.61. The Hall–Kier alpha value is -2.31. The molecule has 1 aliphatic carbocycles. The highest BCUT2D eigenvalue weighted by molar-refractivity contribution is 7.89. The SMILES string of the molecule is CC(C)Oc1ccc(S(=O)(=O)N(C)CC2(c3c[nH]c4ccccc34)CC2)cc1. The molecule has 0 aliphatic heterocycles. The number of hydrogen-bond acceptors (Lipinski definition) is 3. The van der Waals surface area contributed by atoms with E-state index in [2.05, 4.69) is 17.1 Å². The number of fused-ring (bicyclic) bond motifs is 1. The van der Waals surface area contributed by atoms with Gasteiger partial charge in [0.1, 0.15) is 5.75 Å². The maximum atomic E-state index is 13.1. The number of rotatable bonds is 7. The molecule has 0 amide bonds. The van der Waals surface area contributed by atoms with E-state index in [-0.39, 0.29) is 11.5 Å². The Morgan fingerprint density at radius 1 is 1.11 bits per heavy atom. The largest absolute Gasteiger partial charge is 0.491 e. The first-order chi connectivity index (χ1) is 13.3. The summed E-state index contributed by atoms with van der Waals surface area (Å²) in [6.45, 7) is 4.36. The Morgan fingerprint density at radius 2 is 1.79 bits per heavy atom. The number of para-hydroxylation sites is 1. The average Bonchev–Trinajstić information content (AvgIpc) is 3.30. The minimum atomic E-state index is -3.55. The first-order valence-corrected chi connectivity index (χ1v) is 11.1. The normalized spacial score (nSPS) is 16.0. The fraction of sp³-hybridized carbons (Fsp3) is 0.364. The lowest BCUT2D eigenvalue weighted by atomic mass is 9.95. The van der Waals surface area contributed by atoms with Crippen molar-refractivity contribution in [2.24, 2.45) is 0 Å². The lowest BCUT2D eigenvalue weighted by Gasteiger charge is -2.23. The standard InChI is InChI=1S/C22H26N2O3S/c1-16(2)27-17-8-10-18(11-9-17)28(25,26)24(3)15-22(12-13-22)20-14-23-21-7-5-4-6-19(20)21/h4-11,14,16,23H,12-13,15H2,1-3H3. The molecule has 148 valence electrons. The zero-order valence-corrected chi connectivity index (χ0v) is 17.3. The van der Waals surface area contributed by atoms with Gasteiger partial charge in [0.05, 0.1) is 11.0 Å². The summed E-state index contributed by atoms with van der Waals surface area (Å²) in [7, 11) is -1.88. The van der Waals surface area contributed by atoms with Gasteiger partial charge in [0.15, 0.2) is 0 Å². The van der Waals surface area contributed by atoms with Gasteiger partial charge in [-0.2, -0.15) is 0 Å². The molecule has 3 aromatic rings. The molecule has 1 saturated carbocycles. The first kappa shape index (κ1) is 19.0. The lowest BCUT2D eigenvalue weighted by Crippen LogP contribution is -2.34. The number of nitrogens with zero attached hydrogens (tertiary/aromatic N) is 1. The van der Waals surface area contributed by atoms with Crippen molar-refractivity contribution in [3.8, 4) is 5.75 Å². The molecule has 0 saturated heterocycles. The Morgan fingerprint density at radius 3 is 2.43 bits per heavy atom. The predicted molar refractivity (Wildman–Crippen MR) is 111 cm³/mol. The van der Waals surface area contributed by atoms with Crippen molar-refractivity contribution in [3.63, 3.8) is 0 Å². The van der Waals surface area contributed by atoms with Gasteiger partial charge in [-0.05, 0) is 62.6 Å². The molecule has 5 nitrogen and oxygen atoms in total. The van der Waals surface area contributed by atoms with Crippen LogP contribution in [0.25, 0.3) is 10.9 Å². The van der Waals surface area contributed by atoms with Crippen LogP contribution in [0.3, 0.4) is 0 Å². The Labute approximate surface area is 166 Å². The molecule has 4 rings (SSSR count). The van der Waals surface area contributed by atoms with Crippen molar-refractivity contribution < 1.29 is 13.2 Å². The highest BCUT2D eigenvalue weighted by atomic mass is 32.2. The van der Waals surface area contributed by atoms with Crippen molar-refractivity contribution >= 4 is 20.9 Å². The predicted octanol–water partition coefficient (Wildman–Crippen LogP) is 4.31. The van der Waals surface area contributed by atoms with E-state index in [1.165, 1.54) is 15.3 Å². The quantitative estimate of drug-likeness (QED) is 0.645. The highest BCUT2D eigenvalue weighted by Crippen LogP contribution is 2.51. The van der Waals surface area contributed by atoms with Gasteiger partial charge in [-0.25, -0.2) is 12.7 Å². The van der Waals surface area contributed by atoms with E-state index < -0.39 is 10.0 Å². The van der Waals surface area contributed by atoms with E-state index in [4.69, 9.17) is 4.74 Å². The van der Waals surface area contributed by atoms with Crippen LogP contribution in [0.2, 0.25) is 0 Å². The minimum Gasteiger partial charge on any atom is -0.491 e. The molecule has 6 heteroatoms. The van der Waals surface area contributed by atoms with Crippen molar-refractivity contribution in [1.82, 2.24) is 9.29 Å². The molecule has 1 aliphatic rings. The fourth-order valence-electron chi connectivity index (χ4n) is 3.83. The number of sulfonamides is 1. The molecule has 0 spiro atoms.